The van der Waals surface area contributed by atoms with Crippen molar-refractivity contribution in [3.63, 3.8) is 0 Å². The highest BCUT2D eigenvalue weighted by Gasteiger charge is 2.35. The maximum absolute atomic E-state index is 12.7. The van der Waals surface area contributed by atoms with Gasteiger partial charge in [0.15, 0.2) is 15.6 Å². The first-order valence-electron chi connectivity index (χ1n) is 10.2. The molecule has 0 aliphatic carbocycles. The maximum Gasteiger partial charge on any atom is 0.224 e. The minimum absolute atomic E-state index is 0.0885. The summed E-state index contributed by atoms with van der Waals surface area (Å²) in [6.45, 7) is 4.28. The van der Waals surface area contributed by atoms with Gasteiger partial charge in [-0.25, -0.2) is 8.42 Å². The monoisotopic (exact) mass is 462 g/mol. The standard InChI is InChI=1S/C23H27ClN2O4S/c1-23(2)14-20(25-18-8-5-4-7-16(18)23)21(27)9-6-10-22(28)26-19-12-11-15(13-17(19)24)31(3,29)30/h4-5,7-8,11-13,20,25H,6,9-10,14H2,1-3H3,(H,26,28). The van der Waals surface area contributed by atoms with E-state index in [1.165, 1.54) is 23.8 Å². The Morgan fingerprint density at radius 2 is 1.87 bits per heavy atom. The molecule has 0 fully saturated rings. The number of carbonyl (C=O) groups excluding carboxylic acids is 2. The number of para-hydroxylation sites is 1. The summed E-state index contributed by atoms with van der Waals surface area (Å²) in [5.41, 5.74) is 2.44. The normalized spacial score (nSPS) is 17.4. The quantitative estimate of drug-likeness (QED) is 0.628. The van der Waals surface area contributed by atoms with Crippen LogP contribution >= 0.6 is 11.6 Å². The molecule has 2 aromatic carbocycles. The molecule has 166 valence electrons. The van der Waals surface area contributed by atoms with Gasteiger partial charge in [0.2, 0.25) is 5.91 Å². The summed E-state index contributed by atoms with van der Waals surface area (Å²) in [7, 11) is -3.37. The fourth-order valence-corrected chi connectivity index (χ4v) is 4.83. The molecule has 2 aromatic rings. The molecule has 1 unspecified atom stereocenters. The zero-order chi connectivity index (χ0) is 22.8. The Labute approximate surface area is 188 Å². The highest BCUT2D eigenvalue weighted by molar-refractivity contribution is 7.90. The van der Waals surface area contributed by atoms with Gasteiger partial charge in [0.25, 0.3) is 0 Å². The first-order valence-corrected chi connectivity index (χ1v) is 12.4. The smallest absolute Gasteiger partial charge is 0.224 e. The van der Waals surface area contributed by atoms with Crippen molar-refractivity contribution in [1.29, 1.82) is 0 Å². The number of rotatable bonds is 7. The minimum atomic E-state index is -3.37. The van der Waals surface area contributed by atoms with Gasteiger partial charge in [-0.3, -0.25) is 9.59 Å². The van der Waals surface area contributed by atoms with Gasteiger partial charge >= 0.3 is 0 Å². The van der Waals surface area contributed by atoms with E-state index < -0.39 is 9.84 Å². The third-order valence-corrected chi connectivity index (χ3v) is 6.98. The third kappa shape index (κ3) is 5.66. The van der Waals surface area contributed by atoms with Crippen molar-refractivity contribution in [2.24, 2.45) is 0 Å². The molecule has 0 saturated carbocycles. The van der Waals surface area contributed by atoms with E-state index in [9.17, 15) is 18.0 Å². The molecule has 1 amide bonds. The van der Waals surface area contributed by atoms with Crippen LogP contribution in [-0.4, -0.2) is 32.4 Å². The van der Waals surface area contributed by atoms with E-state index in [0.29, 0.717) is 24.9 Å². The third-order valence-electron chi connectivity index (χ3n) is 5.56. The molecule has 6 nitrogen and oxygen atoms in total. The predicted octanol–water partition coefficient (Wildman–Crippen LogP) is 4.58. The van der Waals surface area contributed by atoms with Gasteiger partial charge in [0.1, 0.15) is 0 Å². The number of hydrogen-bond donors (Lipinski definition) is 2. The minimum Gasteiger partial charge on any atom is -0.375 e. The van der Waals surface area contributed by atoms with Gasteiger partial charge in [-0.05, 0) is 48.1 Å². The maximum atomic E-state index is 12.7. The molecule has 0 saturated heterocycles. The van der Waals surface area contributed by atoms with Crippen LogP contribution in [0.4, 0.5) is 11.4 Å². The molecule has 0 bridgehead atoms. The molecular formula is C23H27ClN2O4S. The van der Waals surface area contributed by atoms with Crippen LogP contribution in [0.15, 0.2) is 47.4 Å². The van der Waals surface area contributed by atoms with E-state index >= 15 is 0 Å². The largest absolute Gasteiger partial charge is 0.375 e. The summed E-state index contributed by atoms with van der Waals surface area (Å²) in [5.74, 6) is -0.185. The van der Waals surface area contributed by atoms with E-state index in [0.717, 1.165) is 11.9 Å². The van der Waals surface area contributed by atoms with Crippen molar-refractivity contribution in [1.82, 2.24) is 0 Å². The molecule has 31 heavy (non-hydrogen) atoms. The molecule has 0 radical (unpaired) electrons. The first-order chi connectivity index (χ1) is 14.5. The van der Waals surface area contributed by atoms with Crippen LogP contribution in [0.2, 0.25) is 5.02 Å². The Kier molecular flexibility index (Phi) is 6.76. The molecule has 1 aliphatic heterocycles. The number of anilines is 2. The number of sulfone groups is 1. The summed E-state index contributed by atoms with van der Waals surface area (Å²) in [6.07, 6.45) is 2.68. The summed E-state index contributed by atoms with van der Waals surface area (Å²) < 4.78 is 23.2. The molecule has 3 rings (SSSR count). The molecule has 2 N–H and O–H groups in total. The molecular weight excluding hydrogens is 436 g/mol. The highest BCUT2D eigenvalue weighted by atomic mass is 35.5. The number of Topliss-reactive ketones (excluding diaryl/α,β-unsaturated/α-hetero) is 1. The van der Waals surface area contributed by atoms with Gasteiger partial charge in [-0.2, -0.15) is 0 Å². The lowest BCUT2D eigenvalue weighted by atomic mass is 9.74. The number of carbonyl (C=O) groups is 2. The number of benzene rings is 2. The number of fused-ring (bicyclic) bond motifs is 1. The second-order valence-corrected chi connectivity index (χ2v) is 11.0. The van der Waals surface area contributed by atoms with E-state index in [4.69, 9.17) is 11.6 Å². The lowest BCUT2D eigenvalue weighted by Crippen LogP contribution is -2.41. The Hall–Kier alpha value is -2.38. The van der Waals surface area contributed by atoms with Crippen molar-refractivity contribution >= 4 is 44.5 Å². The second kappa shape index (κ2) is 9.01. The van der Waals surface area contributed by atoms with E-state index in [2.05, 4.69) is 30.5 Å². The number of ketones is 1. The fraction of sp³-hybridized carbons (Fsp3) is 0.391. The lowest BCUT2D eigenvalue weighted by molar-refractivity contribution is -0.120. The zero-order valence-corrected chi connectivity index (χ0v) is 19.4. The molecule has 0 aromatic heterocycles. The van der Waals surface area contributed by atoms with Gasteiger partial charge in [0.05, 0.1) is 21.6 Å². The highest BCUT2D eigenvalue weighted by Crippen LogP contribution is 2.39. The van der Waals surface area contributed by atoms with E-state index in [1.807, 2.05) is 18.2 Å². The van der Waals surface area contributed by atoms with Crippen LogP contribution in [0, 0.1) is 0 Å². The Balaban J connectivity index is 1.53. The van der Waals surface area contributed by atoms with Crippen LogP contribution in [0.5, 0.6) is 0 Å². The van der Waals surface area contributed by atoms with Crippen molar-refractivity contribution in [3.8, 4) is 0 Å². The van der Waals surface area contributed by atoms with Crippen molar-refractivity contribution in [2.75, 3.05) is 16.9 Å². The summed E-state index contributed by atoms with van der Waals surface area (Å²) in [4.78, 5) is 25.1. The van der Waals surface area contributed by atoms with Crippen LogP contribution in [0.1, 0.15) is 45.1 Å². The summed E-state index contributed by atoms with van der Waals surface area (Å²) >= 11 is 6.09. The fourth-order valence-electron chi connectivity index (χ4n) is 3.89. The summed E-state index contributed by atoms with van der Waals surface area (Å²) in [6, 6.07) is 11.9. The average Bonchev–Trinajstić information content (AvgIpc) is 2.68. The Morgan fingerprint density at radius 1 is 1.16 bits per heavy atom. The van der Waals surface area contributed by atoms with Crippen LogP contribution in [0.3, 0.4) is 0 Å². The van der Waals surface area contributed by atoms with E-state index in [1.54, 1.807) is 0 Å². The molecule has 0 spiro atoms. The van der Waals surface area contributed by atoms with E-state index in [-0.39, 0.29) is 39.5 Å². The lowest BCUT2D eigenvalue weighted by Gasteiger charge is -2.38. The number of halogens is 1. The number of amides is 1. The second-order valence-electron chi connectivity index (χ2n) is 8.61. The van der Waals surface area contributed by atoms with Gasteiger partial charge in [-0.1, -0.05) is 43.6 Å². The first kappa shape index (κ1) is 23.3. The number of hydrogen-bond acceptors (Lipinski definition) is 5. The zero-order valence-electron chi connectivity index (χ0n) is 17.9. The SMILES string of the molecule is CC1(C)CC(C(=O)CCCC(=O)Nc2ccc(S(C)(=O)=O)cc2Cl)Nc2ccccc21. The Morgan fingerprint density at radius 3 is 2.55 bits per heavy atom. The van der Waals surface area contributed by atoms with Crippen LogP contribution < -0.4 is 10.6 Å². The number of nitrogens with one attached hydrogen (secondary N) is 2. The van der Waals surface area contributed by atoms with Gasteiger partial charge in [0, 0.05) is 24.8 Å². The average molecular weight is 463 g/mol. The van der Waals surface area contributed by atoms with Crippen molar-refractivity contribution in [2.45, 2.75) is 55.9 Å². The van der Waals surface area contributed by atoms with Crippen molar-refractivity contribution < 1.29 is 18.0 Å². The van der Waals surface area contributed by atoms with Gasteiger partial charge < -0.3 is 10.6 Å². The molecule has 1 aliphatic rings. The van der Waals surface area contributed by atoms with Crippen molar-refractivity contribution in [3.05, 3.63) is 53.1 Å². The predicted molar refractivity (Wildman–Crippen MR) is 124 cm³/mol. The Bertz CT molecular complexity index is 1110. The molecule has 1 heterocycles. The summed E-state index contributed by atoms with van der Waals surface area (Å²) in [5, 5.41) is 6.17. The van der Waals surface area contributed by atoms with Crippen LogP contribution in [-0.2, 0) is 24.8 Å². The van der Waals surface area contributed by atoms with Crippen LogP contribution in [0.25, 0.3) is 0 Å². The topological polar surface area (TPSA) is 92.3 Å². The molecule has 8 heteroatoms. The van der Waals surface area contributed by atoms with Gasteiger partial charge in [-0.15, -0.1) is 0 Å². The molecule has 1 atom stereocenters.